The van der Waals surface area contributed by atoms with E-state index in [1.54, 1.807) is 17.6 Å². The number of furan rings is 1. The largest absolute Gasteiger partial charge is 0.467 e. The highest BCUT2D eigenvalue weighted by Gasteiger charge is 2.10. The van der Waals surface area contributed by atoms with Gasteiger partial charge >= 0.3 is 0 Å². The maximum atomic E-state index is 5.55. The molecule has 0 saturated heterocycles. The topological polar surface area (TPSA) is 42.8 Å². The first-order valence-corrected chi connectivity index (χ1v) is 9.64. The fourth-order valence-corrected chi connectivity index (χ4v) is 3.99. The van der Waals surface area contributed by atoms with E-state index in [2.05, 4.69) is 44.4 Å². The van der Waals surface area contributed by atoms with Crippen LogP contribution >= 0.6 is 11.3 Å². The zero-order valence-corrected chi connectivity index (χ0v) is 14.9. The van der Waals surface area contributed by atoms with Crippen LogP contribution in [0.2, 0.25) is 0 Å². The van der Waals surface area contributed by atoms with Gasteiger partial charge in [-0.3, -0.25) is 0 Å². The highest BCUT2D eigenvalue weighted by Crippen LogP contribution is 2.21. The predicted molar refractivity (Wildman–Crippen MR) is 102 cm³/mol. The second-order valence-corrected chi connectivity index (χ2v) is 7.10. The molecule has 25 heavy (non-hydrogen) atoms. The summed E-state index contributed by atoms with van der Waals surface area (Å²) in [4.78, 5) is 0.910. The Bertz CT molecular complexity index is 896. The van der Waals surface area contributed by atoms with Crippen molar-refractivity contribution in [2.45, 2.75) is 38.6 Å². The van der Waals surface area contributed by atoms with Gasteiger partial charge in [0.05, 0.1) is 18.5 Å². The smallest absolute Gasteiger partial charge is 0.211 e. The van der Waals surface area contributed by atoms with E-state index in [0.29, 0.717) is 6.54 Å². The van der Waals surface area contributed by atoms with E-state index < -0.39 is 0 Å². The molecule has 1 fully saturated rings. The lowest BCUT2D eigenvalue weighted by Gasteiger charge is -2.10. The molecule has 0 amide bonds. The van der Waals surface area contributed by atoms with Crippen molar-refractivity contribution in [1.82, 2.24) is 4.57 Å². The van der Waals surface area contributed by atoms with Gasteiger partial charge in [0.2, 0.25) is 4.80 Å². The van der Waals surface area contributed by atoms with E-state index >= 15 is 0 Å². The Morgan fingerprint density at radius 1 is 0.960 bits per heavy atom. The molecule has 5 heteroatoms. The van der Waals surface area contributed by atoms with Crippen LogP contribution in [0.25, 0.3) is 11.3 Å². The van der Waals surface area contributed by atoms with E-state index in [0.717, 1.165) is 29.1 Å². The van der Waals surface area contributed by atoms with Crippen LogP contribution in [0.1, 0.15) is 37.9 Å². The second kappa shape index (κ2) is 7.66. The summed E-state index contributed by atoms with van der Waals surface area (Å²) < 4.78 is 7.74. The van der Waals surface area contributed by atoms with Crippen molar-refractivity contribution in [3.63, 3.8) is 0 Å². The van der Waals surface area contributed by atoms with Crippen LogP contribution in [0.15, 0.2) is 68.7 Å². The summed E-state index contributed by atoms with van der Waals surface area (Å²) in [5, 5.41) is 11.3. The van der Waals surface area contributed by atoms with E-state index in [1.165, 1.54) is 30.5 Å². The Hall–Kier alpha value is -2.40. The minimum atomic E-state index is 0.657. The number of benzene rings is 1. The fourth-order valence-electron chi connectivity index (χ4n) is 3.13. The van der Waals surface area contributed by atoms with Crippen molar-refractivity contribution in [2.24, 2.45) is 10.2 Å². The summed E-state index contributed by atoms with van der Waals surface area (Å²) >= 11 is 1.63. The molecule has 1 aliphatic rings. The molecule has 3 aromatic rings. The summed E-state index contributed by atoms with van der Waals surface area (Å²) in [5.74, 6) is 0.919. The van der Waals surface area contributed by atoms with Gasteiger partial charge in [0, 0.05) is 11.1 Å². The monoisotopic (exact) mass is 351 g/mol. The zero-order chi connectivity index (χ0) is 16.9. The summed E-state index contributed by atoms with van der Waals surface area (Å²) in [6.45, 7) is 0.657. The fraction of sp³-hybridized carbons (Fsp3) is 0.300. The molecule has 4 rings (SSSR count). The van der Waals surface area contributed by atoms with Gasteiger partial charge in [-0.25, -0.2) is 0 Å². The lowest BCUT2D eigenvalue weighted by atomic mass is 9.99. The molecule has 0 unspecified atom stereocenters. The van der Waals surface area contributed by atoms with E-state index in [-0.39, 0.29) is 0 Å². The van der Waals surface area contributed by atoms with Gasteiger partial charge in [0.15, 0.2) is 0 Å². The lowest BCUT2D eigenvalue weighted by Crippen LogP contribution is -2.16. The Morgan fingerprint density at radius 2 is 1.80 bits per heavy atom. The normalized spacial score (nSPS) is 15.5. The number of aromatic nitrogens is 1. The van der Waals surface area contributed by atoms with Gasteiger partial charge in [0.25, 0.3) is 0 Å². The quantitative estimate of drug-likeness (QED) is 0.605. The molecule has 0 radical (unpaired) electrons. The average molecular weight is 351 g/mol. The van der Waals surface area contributed by atoms with Crippen LogP contribution < -0.4 is 4.80 Å². The van der Waals surface area contributed by atoms with Gasteiger partial charge in [-0.1, -0.05) is 36.8 Å². The van der Waals surface area contributed by atoms with E-state index in [9.17, 15) is 0 Å². The van der Waals surface area contributed by atoms with Crippen LogP contribution in [0.5, 0.6) is 0 Å². The van der Waals surface area contributed by atoms with E-state index in [4.69, 9.17) is 4.42 Å². The summed E-state index contributed by atoms with van der Waals surface area (Å²) in [7, 11) is 0. The highest BCUT2D eigenvalue weighted by atomic mass is 32.1. The maximum absolute atomic E-state index is 5.55. The molecule has 0 aliphatic heterocycles. The van der Waals surface area contributed by atoms with Gasteiger partial charge in [-0.05, 0) is 43.4 Å². The Balaban J connectivity index is 1.74. The molecule has 1 aromatic carbocycles. The Kier molecular flexibility index (Phi) is 4.93. The van der Waals surface area contributed by atoms with Gasteiger partial charge in [0.1, 0.15) is 5.76 Å². The zero-order valence-electron chi connectivity index (χ0n) is 14.1. The van der Waals surface area contributed by atoms with Crippen molar-refractivity contribution in [2.75, 3.05) is 0 Å². The maximum Gasteiger partial charge on any atom is 0.211 e. The van der Waals surface area contributed by atoms with Crippen LogP contribution in [-0.4, -0.2) is 10.3 Å². The molecule has 2 aromatic heterocycles. The van der Waals surface area contributed by atoms with Gasteiger partial charge in [-0.2, -0.15) is 5.10 Å². The van der Waals surface area contributed by atoms with Crippen molar-refractivity contribution >= 4 is 17.0 Å². The summed E-state index contributed by atoms with van der Waals surface area (Å²) in [5.41, 5.74) is 3.55. The Labute approximate surface area is 151 Å². The third-order valence-electron chi connectivity index (χ3n) is 4.47. The molecule has 2 heterocycles. The van der Waals surface area contributed by atoms with Crippen molar-refractivity contribution in [3.8, 4) is 11.3 Å². The molecule has 128 valence electrons. The first-order valence-electron chi connectivity index (χ1n) is 8.76. The summed E-state index contributed by atoms with van der Waals surface area (Å²) in [6, 6.07) is 14.3. The molecule has 0 bridgehead atoms. The molecular weight excluding hydrogens is 330 g/mol. The standard InChI is InChI=1S/C20H21N3OS/c1-3-8-16(9-4-1)19-15-25-20(22-21-17-10-5-2-6-11-17)23(19)14-18-12-7-13-24-18/h1,3-4,7-9,12-13,15H,2,5-6,10-11,14H2/b22-20+. The molecule has 4 nitrogen and oxygen atoms in total. The number of nitrogens with zero attached hydrogens (tertiary/aromatic N) is 3. The number of rotatable bonds is 4. The number of hydrogen-bond acceptors (Lipinski definition) is 4. The minimum Gasteiger partial charge on any atom is -0.467 e. The van der Waals surface area contributed by atoms with Crippen molar-refractivity contribution in [3.05, 3.63) is 64.7 Å². The van der Waals surface area contributed by atoms with Crippen LogP contribution in [-0.2, 0) is 6.54 Å². The van der Waals surface area contributed by atoms with Gasteiger partial charge in [-0.15, -0.1) is 16.4 Å². The van der Waals surface area contributed by atoms with Crippen LogP contribution in [0, 0.1) is 0 Å². The lowest BCUT2D eigenvalue weighted by molar-refractivity contribution is 0.491. The highest BCUT2D eigenvalue weighted by molar-refractivity contribution is 7.07. The molecule has 0 N–H and O–H groups in total. The number of hydrogen-bond donors (Lipinski definition) is 0. The second-order valence-electron chi connectivity index (χ2n) is 6.26. The summed E-state index contributed by atoms with van der Waals surface area (Å²) in [6.07, 6.45) is 7.66. The van der Waals surface area contributed by atoms with Crippen molar-refractivity contribution < 1.29 is 4.42 Å². The first-order chi connectivity index (χ1) is 12.4. The molecule has 1 aliphatic carbocycles. The van der Waals surface area contributed by atoms with Gasteiger partial charge < -0.3 is 8.98 Å². The number of thiazole rings is 1. The molecular formula is C20H21N3OS. The Morgan fingerprint density at radius 3 is 2.56 bits per heavy atom. The molecule has 0 spiro atoms. The first kappa shape index (κ1) is 16.1. The van der Waals surface area contributed by atoms with Crippen LogP contribution in [0.4, 0.5) is 0 Å². The molecule has 1 saturated carbocycles. The van der Waals surface area contributed by atoms with Crippen LogP contribution in [0.3, 0.4) is 0 Å². The third-order valence-corrected chi connectivity index (χ3v) is 5.32. The SMILES string of the molecule is c1ccc(-c2cs/c(=N/N=C3CCCCC3)n2Cc2ccco2)cc1. The predicted octanol–water partition coefficient (Wildman–Crippen LogP) is 5.08. The van der Waals surface area contributed by atoms with E-state index in [1.807, 2.05) is 18.2 Å². The molecule has 0 atom stereocenters. The average Bonchev–Trinajstić information content (AvgIpc) is 3.32. The minimum absolute atomic E-state index is 0.657. The van der Waals surface area contributed by atoms with Crippen molar-refractivity contribution in [1.29, 1.82) is 0 Å². The third kappa shape index (κ3) is 3.82.